The number of nitrogens with zero attached hydrogens (tertiary/aromatic N) is 2. The van der Waals surface area contributed by atoms with Gasteiger partial charge in [-0.3, -0.25) is 14.5 Å². The smallest absolute Gasteiger partial charge is 0.256 e. The number of methoxy groups -OCH3 is 1. The number of carbonyl (C=O) groups is 1. The molecule has 35 heavy (non-hydrogen) atoms. The molecule has 0 unspecified atom stereocenters. The predicted octanol–water partition coefficient (Wildman–Crippen LogP) is 3.00. The third-order valence-corrected chi connectivity index (χ3v) is 7.56. The van der Waals surface area contributed by atoms with Crippen LogP contribution in [0.4, 0.5) is 0 Å². The highest BCUT2D eigenvalue weighted by Gasteiger charge is 2.30. The first-order chi connectivity index (χ1) is 17.0. The van der Waals surface area contributed by atoms with Crippen molar-refractivity contribution in [3.8, 4) is 5.75 Å². The van der Waals surface area contributed by atoms with Crippen LogP contribution in [0.3, 0.4) is 0 Å². The van der Waals surface area contributed by atoms with Crippen LogP contribution in [0.15, 0.2) is 35.1 Å². The zero-order chi connectivity index (χ0) is 24.5. The van der Waals surface area contributed by atoms with E-state index < -0.39 is 0 Å². The molecule has 2 aliphatic heterocycles. The number of hydrogen-bond acceptors (Lipinski definition) is 5. The Morgan fingerprint density at radius 1 is 1.20 bits per heavy atom. The summed E-state index contributed by atoms with van der Waals surface area (Å²) < 4.78 is 13.0. The molecule has 2 aromatic heterocycles. The van der Waals surface area contributed by atoms with Crippen molar-refractivity contribution < 1.29 is 14.3 Å². The molecule has 2 saturated heterocycles. The van der Waals surface area contributed by atoms with E-state index in [2.05, 4.69) is 25.8 Å². The highest BCUT2D eigenvalue weighted by Crippen LogP contribution is 2.30. The van der Waals surface area contributed by atoms with Crippen LogP contribution in [0.1, 0.15) is 40.2 Å². The summed E-state index contributed by atoms with van der Waals surface area (Å²) >= 11 is 0. The van der Waals surface area contributed by atoms with E-state index >= 15 is 0 Å². The van der Waals surface area contributed by atoms with Gasteiger partial charge in [0.15, 0.2) is 0 Å². The van der Waals surface area contributed by atoms with E-state index in [-0.39, 0.29) is 18.0 Å². The van der Waals surface area contributed by atoms with Crippen LogP contribution < -0.4 is 15.6 Å². The van der Waals surface area contributed by atoms with Gasteiger partial charge in [-0.05, 0) is 57.8 Å². The van der Waals surface area contributed by atoms with Gasteiger partial charge in [0.25, 0.3) is 11.5 Å². The van der Waals surface area contributed by atoms with Crippen molar-refractivity contribution in [3.63, 3.8) is 0 Å². The number of rotatable bonds is 7. The Morgan fingerprint density at radius 3 is 2.63 bits per heavy atom. The van der Waals surface area contributed by atoms with Gasteiger partial charge >= 0.3 is 0 Å². The molecule has 0 radical (unpaired) electrons. The van der Waals surface area contributed by atoms with E-state index in [0.29, 0.717) is 34.5 Å². The van der Waals surface area contributed by atoms with Crippen molar-refractivity contribution >= 4 is 16.8 Å². The summed E-state index contributed by atoms with van der Waals surface area (Å²) in [5, 5.41) is 3.90. The monoisotopic (exact) mass is 478 g/mol. The standard InChI is InChI=1S/C27H34N4O4/c1-17-12-24(34-3)22(26(32)29-17)13-28-27(33)25-18(2)31(23-7-5-4-6-21(23)25)14-19-8-10-30(11-9-19)20-15-35-16-20/h4-7,12,19-20H,8-11,13-16H2,1-3H3,(H,28,33)(H,29,32). The summed E-state index contributed by atoms with van der Waals surface area (Å²) in [4.78, 5) is 31.2. The van der Waals surface area contributed by atoms with Gasteiger partial charge in [0, 0.05) is 28.8 Å². The van der Waals surface area contributed by atoms with Crippen LogP contribution in [0.25, 0.3) is 10.9 Å². The first-order valence-electron chi connectivity index (χ1n) is 12.4. The van der Waals surface area contributed by atoms with Crippen LogP contribution in [0.5, 0.6) is 5.75 Å². The van der Waals surface area contributed by atoms with Gasteiger partial charge in [-0.15, -0.1) is 0 Å². The molecule has 5 rings (SSSR count). The molecular formula is C27H34N4O4. The molecule has 1 amide bonds. The van der Waals surface area contributed by atoms with Crippen molar-refractivity contribution in [2.45, 2.75) is 45.8 Å². The maximum atomic E-state index is 13.4. The van der Waals surface area contributed by atoms with Crippen molar-refractivity contribution in [2.24, 2.45) is 5.92 Å². The molecule has 3 aromatic rings. The summed E-state index contributed by atoms with van der Waals surface area (Å²) in [7, 11) is 1.53. The number of benzene rings is 1. The zero-order valence-electron chi connectivity index (χ0n) is 20.7. The van der Waals surface area contributed by atoms with Crippen LogP contribution in [0, 0.1) is 19.8 Å². The van der Waals surface area contributed by atoms with Gasteiger partial charge in [0.2, 0.25) is 0 Å². The molecule has 2 N–H and O–H groups in total. The number of likely N-dealkylation sites (tertiary alicyclic amines) is 1. The molecule has 1 aromatic carbocycles. The number of amides is 1. The topological polar surface area (TPSA) is 88.6 Å². The third-order valence-electron chi connectivity index (χ3n) is 7.56. The Kier molecular flexibility index (Phi) is 6.67. The maximum absolute atomic E-state index is 13.4. The molecule has 8 nitrogen and oxygen atoms in total. The van der Waals surface area contributed by atoms with Gasteiger partial charge in [0.1, 0.15) is 5.75 Å². The molecule has 2 fully saturated rings. The van der Waals surface area contributed by atoms with Gasteiger partial charge < -0.3 is 24.3 Å². The number of ether oxygens (including phenoxy) is 2. The van der Waals surface area contributed by atoms with E-state index in [0.717, 1.165) is 62.3 Å². The van der Waals surface area contributed by atoms with Gasteiger partial charge in [-0.25, -0.2) is 0 Å². The van der Waals surface area contributed by atoms with Gasteiger partial charge in [0.05, 0.1) is 44.0 Å². The quantitative estimate of drug-likeness (QED) is 0.545. The fourth-order valence-electron chi connectivity index (χ4n) is 5.44. The summed E-state index contributed by atoms with van der Waals surface area (Å²) in [5.74, 6) is 0.873. The number of hydrogen-bond donors (Lipinski definition) is 2. The average Bonchev–Trinajstić information content (AvgIpc) is 3.09. The van der Waals surface area contributed by atoms with Crippen LogP contribution in [0.2, 0.25) is 0 Å². The lowest BCUT2D eigenvalue weighted by molar-refractivity contribution is -0.0742. The molecule has 186 valence electrons. The molecular weight excluding hydrogens is 444 g/mol. The number of aromatic nitrogens is 2. The van der Waals surface area contributed by atoms with E-state index in [1.807, 2.05) is 25.1 Å². The molecule has 0 saturated carbocycles. The lowest BCUT2D eigenvalue weighted by atomic mass is 9.95. The van der Waals surface area contributed by atoms with E-state index in [4.69, 9.17) is 9.47 Å². The minimum atomic E-state index is -0.249. The van der Waals surface area contributed by atoms with Crippen LogP contribution in [-0.2, 0) is 17.8 Å². The number of pyridine rings is 1. The average molecular weight is 479 g/mol. The lowest BCUT2D eigenvalue weighted by Crippen LogP contribution is -2.52. The number of piperidine rings is 1. The Morgan fingerprint density at radius 2 is 1.94 bits per heavy atom. The third kappa shape index (κ3) is 4.60. The fraction of sp³-hybridized carbons (Fsp3) is 0.481. The number of para-hydroxylation sites is 1. The number of carbonyl (C=O) groups excluding carboxylic acids is 1. The summed E-state index contributed by atoms with van der Waals surface area (Å²) in [6.07, 6.45) is 2.31. The number of nitrogens with one attached hydrogen (secondary N) is 2. The van der Waals surface area contributed by atoms with Crippen LogP contribution >= 0.6 is 0 Å². The van der Waals surface area contributed by atoms with E-state index in [1.54, 1.807) is 13.0 Å². The van der Waals surface area contributed by atoms with Crippen molar-refractivity contribution in [3.05, 3.63) is 63.2 Å². The number of fused-ring (bicyclic) bond motifs is 1. The molecule has 0 bridgehead atoms. The number of H-pyrrole nitrogens is 1. The first kappa shape index (κ1) is 23.6. The van der Waals surface area contributed by atoms with Crippen molar-refractivity contribution in [2.75, 3.05) is 33.4 Å². The second-order valence-electron chi connectivity index (χ2n) is 9.77. The van der Waals surface area contributed by atoms with E-state index in [1.165, 1.54) is 7.11 Å². The van der Waals surface area contributed by atoms with Crippen molar-refractivity contribution in [1.82, 2.24) is 19.8 Å². The Balaban J connectivity index is 1.35. The minimum Gasteiger partial charge on any atom is -0.496 e. The van der Waals surface area contributed by atoms with Gasteiger partial charge in [-0.2, -0.15) is 0 Å². The Labute approximate surface area is 205 Å². The molecule has 0 spiro atoms. The SMILES string of the molecule is COc1cc(C)[nH]c(=O)c1CNC(=O)c1c(C)n(CC2CCN(C3COC3)CC2)c2ccccc12. The zero-order valence-corrected chi connectivity index (χ0v) is 20.7. The largest absolute Gasteiger partial charge is 0.496 e. The van der Waals surface area contributed by atoms with Crippen molar-refractivity contribution in [1.29, 1.82) is 0 Å². The molecule has 2 aliphatic rings. The van der Waals surface area contributed by atoms with Crippen LogP contribution in [-0.4, -0.2) is 59.8 Å². The molecule has 8 heteroatoms. The normalized spacial score (nSPS) is 17.5. The Hall–Kier alpha value is -3.10. The molecule has 0 atom stereocenters. The summed E-state index contributed by atoms with van der Waals surface area (Å²) in [5.41, 5.74) is 3.59. The second kappa shape index (κ2) is 9.87. The molecule has 4 heterocycles. The highest BCUT2D eigenvalue weighted by atomic mass is 16.5. The Bertz CT molecular complexity index is 1280. The van der Waals surface area contributed by atoms with Gasteiger partial charge in [-0.1, -0.05) is 18.2 Å². The second-order valence-corrected chi connectivity index (χ2v) is 9.77. The highest BCUT2D eigenvalue weighted by molar-refractivity contribution is 6.08. The fourth-order valence-corrected chi connectivity index (χ4v) is 5.44. The maximum Gasteiger partial charge on any atom is 0.256 e. The number of aromatic amines is 1. The summed E-state index contributed by atoms with van der Waals surface area (Å²) in [6, 6.07) is 10.5. The first-order valence-corrected chi connectivity index (χ1v) is 12.4. The summed E-state index contributed by atoms with van der Waals surface area (Å²) in [6.45, 7) is 8.77. The van der Waals surface area contributed by atoms with E-state index in [9.17, 15) is 9.59 Å². The number of aryl methyl sites for hydroxylation is 1. The molecule has 0 aliphatic carbocycles. The lowest BCUT2D eigenvalue weighted by Gasteiger charge is -2.41. The predicted molar refractivity (Wildman–Crippen MR) is 135 cm³/mol. The minimum absolute atomic E-state index is 0.0971.